The molecule has 0 aliphatic rings. The van der Waals surface area contributed by atoms with Gasteiger partial charge in [-0.25, -0.2) is 4.79 Å². The number of amides is 2. The number of aromatic nitrogens is 1. The van der Waals surface area contributed by atoms with Gasteiger partial charge >= 0.3 is 6.03 Å². The lowest BCUT2D eigenvalue weighted by molar-refractivity contribution is 0.252. The number of rotatable bonds is 3. The van der Waals surface area contributed by atoms with Gasteiger partial charge in [0.15, 0.2) is 5.82 Å². The van der Waals surface area contributed by atoms with Crippen molar-refractivity contribution in [3.63, 3.8) is 0 Å². The summed E-state index contributed by atoms with van der Waals surface area (Å²) < 4.78 is 4.50. The second-order valence-corrected chi connectivity index (χ2v) is 2.33. The topological polar surface area (TPSA) is 67.2 Å². The number of halogens is 1. The molecule has 1 aromatic heterocycles. The Bertz CT molecular complexity index is 237. The molecule has 0 atom stereocenters. The van der Waals surface area contributed by atoms with Gasteiger partial charge in [0.25, 0.3) is 0 Å². The molecule has 0 spiro atoms. The number of carbonyl (C=O) groups is 1. The van der Waals surface area contributed by atoms with Crippen LogP contribution in [0.1, 0.15) is 0 Å². The predicted molar refractivity (Wildman–Crippen MR) is 44.2 cm³/mol. The number of alkyl halides is 1. The van der Waals surface area contributed by atoms with E-state index in [9.17, 15) is 4.79 Å². The number of carbonyl (C=O) groups excluding carboxylic acids is 1. The molecular formula is C6H8ClN3O2. The van der Waals surface area contributed by atoms with Gasteiger partial charge in [0.2, 0.25) is 0 Å². The smallest absolute Gasteiger partial charge is 0.320 e. The molecule has 2 amide bonds. The van der Waals surface area contributed by atoms with Gasteiger partial charge in [-0.05, 0) is 0 Å². The number of hydrogen-bond donors (Lipinski definition) is 2. The van der Waals surface area contributed by atoms with Gasteiger partial charge in [0.05, 0.1) is 0 Å². The first-order chi connectivity index (χ1) is 5.83. The molecule has 5 nitrogen and oxygen atoms in total. The van der Waals surface area contributed by atoms with E-state index in [0.29, 0.717) is 18.2 Å². The molecule has 0 saturated carbocycles. The maximum Gasteiger partial charge on any atom is 0.320 e. The van der Waals surface area contributed by atoms with Crippen LogP contribution in [0.4, 0.5) is 10.6 Å². The van der Waals surface area contributed by atoms with E-state index in [1.54, 1.807) is 6.07 Å². The third-order valence-corrected chi connectivity index (χ3v) is 1.25. The molecule has 0 radical (unpaired) electrons. The monoisotopic (exact) mass is 189 g/mol. The molecule has 0 unspecified atom stereocenters. The normalized spacial score (nSPS) is 9.42. The highest BCUT2D eigenvalue weighted by Gasteiger charge is 2.01. The zero-order valence-corrected chi connectivity index (χ0v) is 6.97. The van der Waals surface area contributed by atoms with Crippen molar-refractivity contribution in [2.45, 2.75) is 0 Å². The first kappa shape index (κ1) is 8.86. The van der Waals surface area contributed by atoms with Crippen LogP contribution in [-0.4, -0.2) is 23.6 Å². The van der Waals surface area contributed by atoms with Crippen LogP contribution in [-0.2, 0) is 0 Å². The number of nitrogens with zero attached hydrogens (tertiary/aromatic N) is 1. The fourth-order valence-corrected chi connectivity index (χ4v) is 0.693. The largest absolute Gasteiger partial charge is 0.363 e. The predicted octanol–water partition coefficient (Wildman–Crippen LogP) is 1.03. The molecule has 0 aliphatic carbocycles. The lowest BCUT2D eigenvalue weighted by Crippen LogP contribution is -2.30. The van der Waals surface area contributed by atoms with Crippen molar-refractivity contribution < 1.29 is 9.32 Å². The quantitative estimate of drug-likeness (QED) is 0.698. The third kappa shape index (κ3) is 2.79. The molecule has 6 heteroatoms. The molecule has 0 fully saturated rings. The van der Waals surface area contributed by atoms with Gasteiger partial charge in [-0.1, -0.05) is 5.16 Å². The minimum absolute atomic E-state index is 0.343. The average molecular weight is 190 g/mol. The van der Waals surface area contributed by atoms with E-state index in [1.807, 2.05) is 0 Å². The van der Waals surface area contributed by atoms with E-state index >= 15 is 0 Å². The van der Waals surface area contributed by atoms with Crippen LogP contribution in [0.5, 0.6) is 0 Å². The van der Waals surface area contributed by atoms with Crippen molar-refractivity contribution in [2.75, 3.05) is 17.7 Å². The number of anilines is 1. The number of urea groups is 1. The maximum absolute atomic E-state index is 10.9. The van der Waals surface area contributed by atoms with Gasteiger partial charge in [-0.2, -0.15) is 0 Å². The average Bonchev–Trinajstić information content (AvgIpc) is 2.53. The van der Waals surface area contributed by atoms with E-state index in [4.69, 9.17) is 11.6 Å². The van der Waals surface area contributed by atoms with E-state index < -0.39 is 0 Å². The zero-order chi connectivity index (χ0) is 8.81. The van der Waals surface area contributed by atoms with Crippen LogP contribution in [0.15, 0.2) is 16.9 Å². The Morgan fingerprint density at radius 1 is 1.75 bits per heavy atom. The van der Waals surface area contributed by atoms with Crippen molar-refractivity contribution in [3.05, 3.63) is 12.3 Å². The summed E-state index contributed by atoms with van der Waals surface area (Å²) >= 11 is 5.35. The molecule has 0 aliphatic heterocycles. The highest BCUT2D eigenvalue weighted by Crippen LogP contribution is 1.99. The van der Waals surface area contributed by atoms with Gasteiger partial charge in [-0.15, -0.1) is 11.6 Å². The number of nitrogens with one attached hydrogen (secondary N) is 2. The second kappa shape index (κ2) is 4.61. The lowest BCUT2D eigenvalue weighted by Gasteiger charge is -2.01. The summed E-state index contributed by atoms with van der Waals surface area (Å²) in [6.45, 7) is 0.422. The minimum Gasteiger partial charge on any atom is -0.363 e. The van der Waals surface area contributed by atoms with Gasteiger partial charge in [0.1, 0.15) is 6.26 Å². The summed E-state index contributed by atoms with van der Waals surface area (Å²) in [6.07, 6.45) is 1.37. The molecule has 1 rings (SSSR count). The Morgan fingerprint density at radius 3 is 3.17 bits per heavy atom. The fraction of sp³-hybridized carbons (Fsp3) is 0.333. The molecule has 66 valence electrons. The Balaban J connectivity index is 2.27. The molecule has 12 heavy (non-hydrogen) atoms. The van der Waals surface area contributed by atoms with Crippen molar-refractivity contribution in [1.29, 1.82) is 0 Å². The molecule has 0 bridgehead atoms. The summed E-state index contributed by atoms with van der Waals surface area (Å²) in [5, 5.41) is 8.43. The molecule has 0 saturated heterocycles. The van der Waals surface area contributed by atoms with Gasteiger partial charge < -0.3 is 9.84 Å². The van der Waals surface area contributed by atoms with Gasteiger partial charge in [-0.3, -0.25) is 5.32 Å². The summed E-state index contributed by atoms with van der Waals surface area (Å²) in [5.41, 5.74) is 0. The summed E-state index contributed by atoms with van der Waals surface area (Å²) in [5.74, 6) is 0.758. The van der Waals surface area contributed by atoms with Crippen LogP contribution in [0.2, 0.25) is 0 Å². The highest BCUT2D eigenvalue weighted by molar-refractivity contribution is 6.18. The third-order valence-electron chi connectivity index (χ3n) is 1.06. The zero-order valence-electron chi connectivity index (χ0n) is 6.21. The maximum atomic E-state index is 10.9. The number of hydrogen-bond acceptors (Lipinski definition) is 3. The first-order valence-electron chi connectivity index (χ1n) is 3.34. The summed E-state index contributed by atoms with van der Waals surface area (Å²) in [6, 6.07) is 1.20. The van der Waals surface area contributed by atoms with E-state index in [1.165, 1.54) is 6.26 Å². The minimum atomic E-state index is -0.343. The van der Waals surface area contributed by atoms with Crippen molar-refractivity contribution in [2.24, 2.45) is 0 Å². The van der Waals surface area contributed by atoms with E-state index in [2.05, 4.69) is 20.3 Å². The second-order valence-electron chi connectivity index (χ2n) is 1.95. The van der Waals surface area contributed by atoms with Crippen molar-refractivity contribution >= 4 is 23.4 Å². The fourth-order valence-electron chi connectivity index (χ4n) is 0.598. The molecule has 1 aromatic rings. The van der Waals surface area contributed by atoms with E-state index in [0.717, 1.165) is 0 Å². The van der Waals surface area contributed by atoms with Crippen LogP contribution in [0, 0.1) is 0 Å². The SMILES string of the molecule is O=C(NCCCl)Nc1ccon1. The van der Waals surface area contributed by atoms with Gasteiger partial charge in [0, 0.05) is 18.5 Å². The van der Waals surface area contributed by atoms with Crippen LogP contribution >= 0.6 is 11.6 Å². The van der Waals surface area contributed by atoms with Crippen molar-refractivity contribution in [3.8, 4) is 0 Å². The Labute approximate surface area is 74.1 Å². The summed E-state index contributed by atoms with van der Waals surface area (Å²) in [4.78, 5) is 10.9. The Kier molecular flexibility index (Phi) is 3.40. The standard InChI is InChI=1S/C6H8ClN3O2/c7-2-3-8-6(11)9-5-1-4-12-10-5/h1,4H,2-3H2,(H2,8,9,10,11). The Morgan fingerprint density at radius 2 is 2.58 bits per heavy atom. The lowest BCUT2D eigenvalue weighted by atomic mass is 10.6. The molecule has 0 aromatic carbocycles. The van der Waals surface area contributed by atoms with Crippen LogP contribution in [0.25, 0.3) is 0 Å². The summed E-state index contributed by atoms with van der Waals surface area (Å²) in [7, 11) is 0. The van der Waals surface area contributed by atoms with Crippen LogP contribution < -0.4 is 10.6 Å². The highest BCUT2D eigenvalue weighted by atomic mass is 35.5. The molecule has 1 heterocycles. The first-order valence-corrected chi connectivity index (χ1v) is 3.87. The molecule has 2 N–H and O–H groups in total. The van der Waals surface area contributed by atoms with Crippen molar-refractivity contribution in [1.82, 2.24) is 10.5 Å². The Hall–Kier alpha value is -1.23. The van der Waals surface area contributed by atoms with E-state index in [-0.39, 0.29) is 6.03 Å². The molecular weight excluding hydrogens is 182 g/mol. The van der Waals surface area contributed by atoms with Crippen LogP contribution in [0.3, 0.4) is 0 Å².